The van der Waals surface area contributed by atoms with Crippen molar-refractivity contribution in [1.82, 2.24) is 9.55 Å². The highest BCUT2D eigenvalue weighted by Crippen LogP contribution is 2.33. The lowest BCUT2D eigenvalue weighted by atomic mass is 10.1. The third-order valence-corrected chi connectivity index (χ3v) is 6.36. The lowest BCUT2D eigenvalue weighted by molar-refractivity contribution is 0.0899. The highest BCUT2D eigenvalue weighted by Gasteiger charge is 2.15. The summed E-state index contributed by atoms with van der Waals surface area (Å²) >= 11 is 0. The van der Waals surface area contributed by atoms with E-state index >= 15 is 0 Å². The summed E-state index contributed by atoms with van der Waals surface area (Å²) in [5.41, 5.74) is 3.90. The Bertz CT molecular complexity index is 942. The highest BCUT2D eigenvalue weighted by molar-refractivity contribution is 6.76. The van der Waals surface area contributed by atoms with Crippen LogP contribution >= 0.6 is 0 Å². The minimum absolute atomic E-state index is 0.505. The van der Waals surface area contributed by atoms with Gasteiger partial charge in [0.2, 0.25) is 0 Å². The van der Waals surface area contributed by atoms with Crippen LogP contribution in [-0.4, -0.2) is 24.2 Å². The molecule has 2 heterocycles. The highest BCUT2D eigenvalue weighted by atomic mass is 28.3. The second kappa shape index (κ2) is 8.75. The number of rotatable bonds is 9. The fourth-order valence-corrected chi connectivity index (χ4v) is 3.71. The fourth-order valence-electron chi connectivity index (χ4n) is 2.95. The van der Waals surface area contributed by atoms with Crippen LogP contribution in [0.1, 0.15) is 18.1 Å². The topological polar surface area (TPSA) is 36.3 Å². The van der Waals surface area contributed by atoms with Crippen molar-refractivity contribution in [2.45, 2.75) is 45.9 Å². The van der Waals surface area contributed by atoms with Crippen LogP contribution in [0.5, 0.6) is 5.75 Å². The Labute approximate surface area is 168 Å². The molecule has 2 aromatic heterocycles. The van der Waals surface area contributed by atoms with Crippen LogP contribution in [0.2, 0.25) is 25.7 Å². The Morgan fingerprint density at radius 2 is 1.89 bits per heavy atom. The number of hydrogen-bond donors (Lipinski definition) is 0. The van der Waals surface area contributed by atoms with Crippen molar-refractivity contribution in [1.29, 1.82) is 0 Å². The van der Waals surface area contributed by atoms with Gasteiger partial charge in [0.15, 0.2) is 0 Å². The Balaban J connectivity index is 1.81. The van der Waals surface area contributed by atoms with Gasteiger partial charge in [0, 0.05) is 32.6 Å². The quantitative estimate of drug-likeness (QED) is 0.332. The average molecular weight is 395 g/mol. The van der Waals surface area contributed by atoms with E-state index in [2.05, 4.69) is 49.4 Å². The van der Waals surface area contributed by atoms with Crippen LogP contribution in [0, 0.1) is 0 Å². The van der Waals surface area contributed by atoms with Crippen LogP contribution in [0.3, 0.4) is 0 Å². The molecule has 148 valence electrons. The smallest absolute Gasteiger partial charge is 0.145 e. The van der Waals surface area contributed by atoms with Gasteiger partial charge >= 0.3 is 0 Å². The van der Waals surface area contributed by atoms with Crippen molar-refractivity contribution in [2.75, 3.05) is 6.61 Å². The molecular formula is C23H30N2O2Si. The first kappa shape index (κ1) is 20.4. The molecule has 0 radical (unpaired) electrons. The number of fused-ring (bicyclic) bond motifs is 1. The van der Waals surface area contributed by atoms with E-state index in [4.69, 9.17) is 9.47 Å². The summed E-state index contributed by atoms with van der Waals surface area (Å²) in [5.74, 6) is 0.835. The molecule has 0 spiro atoms. The van der Waals surface area contributed by atoms with E-state index in [9.17, 15) is 0 Å². The summed E-state index contributed by atoms with van der Waals surface area (Å²) in [6, 6.07) is 13.4. The molecule has 1 aromatic carbocycles. The summed E-state index contributed by atoms with van der Waals surface area (Å²) in [6.07, 6.45) is 3.87. The average Bonchev–Trinajstić information content (AvgIpc) is 3.06. The summed E-state index contributed by atoms with van der Waals surface area (Å²) < 4.78 is 14.2. The Kier molecular flexibility index (Phi) is 6.37. The van der Waals surface area contributed by atoms with Gasteiger partial charge in [-0.15, -0.1) is 0 Å². The maximum Gasteiger partial charge on any atom is 0.145 e. The summed E-state index contributed by atoms with van der Waals surface area (Å²) in [4.78, 5) is 4.66. The predicted octanol–water partition coefficient (Wildman–Crippen LogP) is 5.96. The molecule has 0 amide bonds. The monoisotopic (exact) mass is 394 g/mol. The number of benzene rings is 1. The van der Waals surface area contributed by atoms with E-state index in [0.717, 1.165) is 46.1 Å². The fraction of sp³-hybridized carbons (Fsp3) is 0.348. The van der Waals surface area contributed by atoms with Crippen molar-refractivity contribution in [2.24, 2.45) is 0 Å². The summed E-state index contributed by atoms with van der Waals surface area (Å²) in [5, 5.41) is 0.991. The lowest BCUT2D eigenvalue weighted by Gasteiger charge is -2.16. The van der Waals surface area contributed by atoms with Crippen molar-refractivity contribution in [3.63, 3.8) is 0 Å². The van der Waals surface area contributed by atoms with Crippen LogP contribution in [0.4, 0.5) is 0 Å². The molecule has 5 heteroatoms. The molecule has 0 saturated carbocycles. The number of allylic oxidation sites excluding steroid dienone is 1. The van der Waals surface area contributed by atoms with Crippen molar-refractivity contribution in [3.05, 3.63) is 66.5 Å². The molecule has 0 aliphatic heterocycles. The molecule has 0 atom stereocenters. The first-order valence-electron chi connectivity index (χ1n) is 9.73. The second-order valence-electron chi connectivity index (χ2n) is 8.43. The molecule has 0 aliphatic carbocycles. The van der Waals surface area contributed by atoms with Gasteiger partial charge in [0.05, 0.1) is 5.39 Å². The Morgan fingerprint density at radius 1 is 1.14 bits per heavy atom. The Morgan fingerprint density at radius 3 is 2.57 bits per heavy atom. The molecule has 0 unspecified atom stereocenters. The molecule has 3 rings (SSSR count). The molecule has 0 N–H and O–H groups in total. The maximum atomic E-state index is 6.23. The van der Waals surface area contributed by atoms with E-state index in [1.54, 1.807) is 0 Å². The zero-order valence-corrected chi connectivity index (χ0v) is 18.4. The van der Waals surface area contributed by atoms with Gasteiger partial charge in [-0.05, 0) is 30.2 Å². The predicted molar refractivity (Wildman–Crippen MR) is 119 cm³/mol. The zero-order chi connectivity index (χ0) is 20.1. The van der Waals surface area contributed by atoms with Crippen LogP contribution < -0.4 is 4.74 Å². The molecular weight excluding hydrogens is 364 g/mol. The normalized spacial score (nSPS) is 11.7. The van der Waals surface area contributed by atoms with E-state index in [0.29, 0.717) is 13.3 Å². The third-order valence-electron chi connectivity index (χ3n) is 4.65. The van der Waals surface area contributed by atoms with Gasteiger partial charge in [-0.25, -0.2) is 4.98 Å². The lowest BCUT2D eigenvalue weighted by Crippen LogP contribution is -2.22. The molecule has 4 nitrogen and oxygen atoms in total. The molecule has 3 aromatic rings. The van der Waals surface area contributed by atoms with Crippen LogP contribution in [0.15, 0.2) is 55.4 Å². The van der Waals surface area contributed by atoms with E-state index in [1.165, 1.54) is 0 Å². The van der Waals surface area contributed by atoms with Crippen molar-refractivity contribution >= 4 is 24.7 Å². The van der Waals surface area contributed by atoms with E-state index in [1.807, 2.05) is 42.1 Å². The number of aromatic nitrogens is 2. The number of ether oxygens (including phenoxy) is 2. The molecule has 0 bridgehead atoms. The number of nitrogens with zero attached hydrogens (tertiary/aromatic N) is 2. The van der Waals surface area contributed by atoms with Crippen molar-refractivity contribution < 1.29 is 9.47 Å². The molecule has 0 fully saturated rings. The minimum Gasteiger partial charge on any atom is -0.487 e. The van der Waals surface area contributed by atoms with Crippen molar-refractivity contribution in [3.8, 4) is 5.75 Å². The molecule has 28 heavy (non-hydrogen) atoms. The number of pyridine rings is 1. The van der Waals surface area contributed by atoms with Gasteiger partial charge in [-0.1, -0.05) is 56.6 Å². The van der Waals surface area contributed by atoms with Gasteiger partial charge in [-0.2, -0.15) is 0 Å². The first-order chi connectivity index (χ1) is 13.3. The maximum absolute atomic E-state index is 6.23. The largest absolute Gasteiger partial charge is 0.487 e. The van der Waals surface area contributed by atoms with Crippen LogP contribution in [0.25, 0.3) is 16.6 Å². The van der Waals surface area contributed by atoms with E-state index < -0.39 is 8.07 Å². The standard InChI is InChI=1S/C23H30N2O2Si/c1-18(2)21-15-24-23-20(22(21)27-16-19-9-7-6-8-10-19)11-12-25(23)17-26-13-14-28(3,4)5/h6-12,15H,1,13-14,16-17H2,2-5H3. The SMILES string of the molecule is C=C(C)c1cnc2c(ccn2COCC[Si](C)(C)C)c1OCc1ccccc1. The summed E-state index contributed by atoms with van der Waals surface area (Å²) in [6.45, 7) is 15.0. The summed E-state index contributed by atoms with van der Waals surface area (Å²) in [7, 11) is -1.08. The minimum atomic E-state index is -1.08. The molecule has 0 saturated heterocycles. The van der Waals surface area contributed by atoms with Gasteiger partial charge < -0.3 is 14.0 Å². The third kappa shape index (κ3) is 5.12. The second-order valence-corrected chi connectivity index (χ2v) is 14.0. The van der Waals surface area contributed by atoms with Crippen LogP contribution in [-0.2, 0) is 18.1 Å². The van der Waals surface area contributed by atoms with Gasteiger partial charge in [-0.3, -0.25) is 0 Å². The zero-order valence-electron chi connectivity index (χ0n) is 17.4. The molecule has 0 aliphatic rings. The Hall–Kier alpha value is -2.37. The first-order valence-corrected chi connectivity index (χ1v) is 13.4. The van der Waals surface area contributed by atoms with E-state index in [-0.39, 0.29) is 0 Å². The van der Waals surface area contributed by atoms with Gasteiger partial charge in [0.25, 0.3) is 0 Å². The van der Waals surface area contributed by atoms with Gasteiger partial charge in [0.1, 0.15) is 24.7 Å². The number of hydrogen-bond acceptors (Lipinski definition) is 3.